The molecule has 0 saturated heterocycles. The number of dihydropyridines is 1. The van der Waals surface area contributed by atoms with E-state index in [1.807, 2.05) is 18.2 Å². The lowest BCUT2D eigenvalue weighted by molar-refractivity contribution is -0.0538. The molecule has 2 aromatic heterocycles. The van der Waals surface area contributed by atoms with E-state index in [2.05, 4.69) is 25.6 Å². The molecule has 1 fully saturated rings. The summed E-state index contributed by atoms with van der Waals surface area (Å²) in [7, 11) is 0. The van der Waals surface area contributed by atoms with Crippen molar-refractivity contribution >= 4 is 23.2 Å². The molecule has 0 aromatic carbocycles. The number of halogens is 3. The molecule has 2 aliphatic rings. The van der Waals surface area contributed by atoms with Crippen LogP contribution < -0.4 is 10.6 Å². The van der Waals surface area contributed by atoms with E-state index < -0.39 is 17.4 Å². The number of nitrogens with one attached hydrogen (secondary N) is 2. The van der Waals surface area contributed by atoms with Gasteiger partial charge in [0.25, 0.3) is 5.91 Å². The van der Waals surface area contributed by atoms with Gasteiger partial charge in [-0.2, -0.15) is 0 Å². The number of hydrogen-bond acceptors (Lipinski definition) is 5. The molecule has 156 valence electrons. The summed E-state index contributed by atoms with van der Waals surface area (Å²) in [5.41, 5.74) is 0.763. The van der Waals surface area contributed by atoms with E-state index in [0.717, 1.165) is 5.56 Å². The molecule has 1 amide bonds. The number of allylic oxidation sites excluding steroid dienone is 2. The third-order valence-corrected chi connectivity index (χ3v) is 5.84. The fourth-order valence-electron chi connectivity index (χ4n) is 4.11. The second-order valence-electron chi connectivity index (χ2n) is 7.48. The lowest BCUT2D eigenvalue weighted by Crippen LogP contribution is -2.48. The van der Waals surface area contributed by atoms with Crippen molar-refractivity contribution in [1.82, 2.24) is 20.3 Å². The van der Waals surface area contributed by atoms with Crippen LogP contribution in [0.3, 0.4) is 0 Å². The van der Waals surface area contributed by atoms with Gasteiger partial charge in [0.2, 0.25) is 11.2 Å². The van der Waals surface area contributed by atoms with Crippen molar-refractivity contribution in [3.63, 3.8) is 0 Å². The summed E-state index contributed by atoms with van der Waals surface area (Å²) in [6, 6.07) is 1.80. The zero-order valence-corrected chi connectivity index (χ0v) is 16.7. The molecule has 4 rings (SSSR count). The smallest absolute Gasteiger partial charge is 0.258 e. The predicted molar refractivity (Wildman–Crippen MR) is 109 cm³/mol. The molecule has 1 unspecified atom stereocenters. The van der Waals surface area contributed by atoms with Crippen molar-refractivity contribution in [2.45, 2.75) is 37.1 Å². The Balaban J connectivity index is 1.67. The lowest BCUT2D eigenvalue weighted by Gasteiger charge is -2.44. The minimum absolute atomic E-state index is 0.0463. The molecule has 3 heterocycles. The highest BCUT2D eigenvalue weighted by molar-refractivity contribution is 6.28. The number of nitrogens with zero attached hydrogens (tertiary/aromatic N) is 3. The van der Waals surface area contributed by atoms with Crippen LogP contribution in [-0.4, -0.2) is 26.8 Å². The maximum atomic E-state index is 13.8. The molecule has 0 spiro atoms. The van der Waals surface area contributed by atoms with Crippen molar-refractivity contribution < 1.29 is 13.6 Å². The summed E-state index contributed by atoms with van der Waals surface area (Å²) in [5.74, 6) is -3.12. The van der Waals surface area contributed by atoms with Crippen molar-refractivity contribution in [1.29, 1.82) is 0 Å². The van der Waals surface area contributed by atoms with Gasteiger partial charge in [-0.25, -0.2) is 18.7 Å². The number of hydrogen-bond donors (Lipinski definition) is 2. The monoisotopic (exact) mass is 431 g/mol. The molecule has 1 aliphatic heterocycles. The molecule has 0 radical (unpaired) electrons. The fourth-order valence-corrected chi connectivity index (χ4v) is 4.21. The molecule has 2 aromatic rings. The molecule has 30 heavy (non-hydrogen) atoms. The summed E-state index contributed by atoms with van der Waals surface area (Å²) in [6.07, 6.45) is 13.8. The first-order chi connectivity index (χ1) is 14.4. The van der Waals surface area contributed by atoms with Crippen LogP contribution in [0.25, 0.3) is 0 Å². The molecule has 2 N–H and O–H groups in total. The highest BCUT2D eigenvalue weighted by Gasteiger charge is 2.45. The number of pyridine rings is 1. The van der Waals surface area contributed by atoms with Gasteiger partial charge in [0, 0.05) is 37.0 Å². The summed E-state index contributed by atoms with van der Waals surface area (Å²) in [6.45, 7) is 0. The number of anilines is 1. The zero-order chi connectivity index (χ0) is 21.2. The third-order valence-electron chi connectivity index (χ3n) is 5.65. The number of carbonyl (C=O) groups is 1. The Bertz CT molecular complexity index is 985. The van der Waals surface area contributed by atoms with E-state index >= 15 is 0 Å². The third kappa shape index (κ3) is 4.05. The van der Waals surface area contributed by atoms with Crippen LogP contribution in [0.2, 0.25) is 5.28 Å². The first-order valence-electron chi connectivity index (χ1n) is 9.63. The molecule has 1 aliphatic carbocycles. The van der Waals surface area contributed by atoms with E-state index in [0.29, 0.717) is 18.5 Å². The van der Waals surface area contributed by atoms with Crippen LogP contribution in [0.15, 0.2) is 55.3 Å². The molecule has 0 bridgehead atoms. The summed E-state index contributed by atoms with van der Waals surface area (Å²) in [4.78, 5) is 24.5. The molecule has 6 nitrogen and oxygen atoms in total. The average molecular weight is 432 g/mol. The van der Waals surface area contributed by atoms with Gasteiger partial charge in [-0.1, -0.05) is 12.2 Å². The van der Waals surface area contributed by atoms with Crippen LogP contribution in [0.1, 0.15) is 41.6 Å². The standard InChI is InChI=1S/C21H20ClF2N5O/c22-19-26-11-14(12-27-19)18(30)29-17-13-25-10-5-16(17)21(6-1-2-9-28-21)15-3-7-20(23,24)8-4-15/h1-2,5-6,9-13,15,28H,3-4,7-8H2,(H,29,30). The van der Waals surface area contributed by atoms with Crippen molar-refractivity contribution in [2.75, 3.05) is 5.32 Å². The van der Waals surface area contributed by atoms with E-state index in [1.54, 1.807) is 24.7 Å². The Hall–Kier alpha value is -2.87. The van der Waals surface area contributed by atoms with Crippen LogP contribution in [0, 0.1) is 5.92 Å². The van der Waals surface area contributed by atoms with Gasteiger partial charge in [-0.05, 0) is 48.7 Å². The second kappa shape index (κ2) is 8.10. The maximum absolute atomic E-state index is 13.8. The van der Waals surface area contributed by atoms with E-state index in [-0.39, 0.29) is 29.6 Å². The number of alkyl halides is 2. The Morgan fingerprint density at radius 1 is 1.17 bits per heavy atom. The number of rotatable bonds is 4. The average Bonchev–Trinajstić information content (AvgIpc) is 2.75. The van der Waals surface area contributed by atoms with Crippen LogP contribution >= 0.6 is 11.6 Å². The van der Waals surface area contributed by atoms with Gasteiger partial charge in [0.05, 0.1) is 23.0 Å². The minimum atomic E-state index is -2.63. The normalized spacial score (nSPS) is 23.0. The van der Waals surface area contributed by atoms with Crippen molar-refractivity contribution in [3.05, 3.63) is 71.7 Å². The van der Waals surface area contributed by atoms with E-state index in [1.165, 1.54) is 12.4 Å². The number of amides is 1. The number of aromatic nitrogens is 3. The first kappa shape index (κ1) is 20.4. The SMILES string of the molecule is O=C(Nc1cnccc1C1(C2CCC(F)(F)CC2)C=CC=CN1)c1cnc(Cl)nc1. The Morgan fingerprint density at radius 3 is 2.57 bits per heavy atom. The molecule has 1 atom stereocenters. The van der Waals surface area contributed by atoms with Gasteiger partial charge in [-0.3, -0.25) is 9.78 Å². The van der Waals surface area contributed by atoms with Crippen LogP contribution in [0.5, 0.6) is 0 Å². The highest BCUT2D eigenvalue weighted by Crippen LogP contribution is 2.47. The van der Waals surface area contributed by atoms with Gasteiger partial charge in [-0.15, -0.1) is 0 Å². The van der Waals surface area contributed by atoms with Crippen LogP contribution in [-0.2, 0) is 5.54 Å². The van der Waals surface area contributed by atoms with E-state index in [4.69, 9.17) is 11.6 Å². The predicted octanol–water partition coefficient (Wildman–Crippen LogP) is 4.47. The lowest BCUT2D eigenvalue weighted by atomic mass is 9.69. The van der Waals surface area contributed by atoms with E-state index in [9.17, 15) is 13.6 Å². The maximum Gasteiger partial charge on any atom is 0.258 e. The highest BCUT2D eigenvalue weighted by atomic mass is 35.5. The van der Waals surface area contributed by atoms with Crippen molar-refractivity contribution in [2.24, 2.45) is 5.92 Å². The molecular weight excluding hydrogens is 412 g/mol. The fraction of sp³-hybridized carbons (Fsp3) is 0.333. The van der Waals surface area contributed by atoms with Crippen molar-refractivity contribution in [3.8, 4) is 0 Å². The molecule has 9 heteroatoms. The van der Waals surface area contributed by atoms with Gasteiger partial charge in [0.15, 0.2) is 0 Å². The van der Waals surface area contributed by atoms with Gasteiger partial charge >= 0.3 is 0 Å². The quantitative estimate of drug-likeness (QED) is 0.698. The second-order valence-corrected chi connectivity index (χ2v) is 7.82. The van der Waals surface area contributed by atoms with Gasteiger partial charge < -0.3 is 10.6 Å². The summed E-state index contributed by atoms with van der Waals surface area (Å²) in [5, 5.41) is 6.27. The zero-order valence-electron chi connectivity index (χ0n) is 16.0. The summed E-state index contributed by atoms with van der Waals surface area (Å²) >= 11 is 5.69. The Morgan fingerprint density at radius 2 is 1.90 bits per heavy atom. The van der Waals surface area contributed by atoms with Gasteiger partial charge in [0.1, 0.15) is 0 Å². The molecule has 1 saturated carbocycles. The largest absolute Gasteiger partial charge is 0.378 e. The molecular formula is C21H20ClF2N5O. The number of carbonyl (C=O) groups excluding carboxylic acids is 1. The summed E-state index contributed by atoms with van der Waals surface area (Å²) < 4.78 is 27.6. The minimum Gasteiger partial charge on any atom is -0.378 e. The Kier molecular flexibility index (Phi) is 5.51. The topological polar surface area (TPSA) is 79.8 Å². The van der Waals surface area contributed by atoms with Crippen LogP contribution in [0.4, 0.5) is 14.5 Å². The first-order valence-corrected chi connectivity index (χ1v) is 10.0. The Labute approximate surface area is 177 Å².